The minimum Gasteiger partial charge on any atom is -0.351 e. The van der Waals surface area contributed by atoms with Crippen molar-refractivity contribution >= 4 is 33.2 Å². The second kappa shape index (κ2) is 5.84. The number of carbonyl (C=O) groups is 1. The Hall–Kier alpha value is -1.20. The van der Waals surface area contributed by atoms with Gasteiger partial charge in [-0.3, -0.25) is 9.78 Å². The summed E-state index contributed by atoms with van der Waals surface area (Å²) in [5.74, 6) is -0.0987. The Morgan fingerprint density at radius 1 is 1.47 bits per heavy atom. The van der Waals surface area contributed by atoms with Gasteiger partial charge in [0.05, 0.1) is 5.56 Å². The fourth-order valence-electron chi connectivity index (χ4n) is 1.69. The molecular formula is C14H15BrN2OS. The van der Waals surface area contributed by atoms with Crippen LogP contribution >= 0.6 is 27.3 Å². The van der Waals surface area contributed by atoms with E-state index in [2.05, 4.69) is 51.5 Å². The maximum atomic E-state index is 12.0. The smallest absolute Gasteiger partial charge is 0.252 e. The summed E-state index contributed by atoms with van der Waals surface area (Å²) in [6, 6.07) is 5.89. The molecule has 100 valence electrons. The molecule has 2 rings (SSSR count). The molecule has 5 heteroatoms. The Labute approximate surface area is 125 Å². The van der Waals surface area contributed by atoms with E-state index >= 15 is 0 Å². The Kier molecular flexibility index (Phi) is 4.37. The van der Waals surface area contributed by atoms with Crippen molar-refractivity contribution in [3.05, 3.63) is 50.9 Å². The molecule has 0 bridgehead atoms. The van der Waals surface area contributed by atoms with Crippen molar-refractivity contribution in [3.8, 4) is 0 Å². The van der Waals surface area contributed by atoms with Crippen molar-refractivity contribution in [1.29, 1.82) is 0 Å². The molecule has 0 aromatic carbocycles. The summed E-state index contributed by atoms with van der Waals surface area (Å²) in [5, 5.41) is 5.01. The number of hydrogen-bond donors (Lipinski definition) is 1. The van der Waals surface area contributed by atoms with Crippen molar-refractivity contribution in [2.24, 2.45) is 0 Å². The van der Waals surface area contributed by atoms with E-state index in [1.807, 2.05) is 6.07 Å². The first-order chi connectivity index (χ1) is 8.99. The fraction of sp³-hybridized carbons (Fsp3) is 0.286. The molecule has 0 radical (unpaired) electrons. The molecule has 2 aromatic heterocycles. The van der Waals surface area contributed by atoms with Gasteiger partial charge in [-0.1, -0.05) is 19.9 Å². The standard InChI is InChI=1S/C14H15BrN2OS/c1-14(2,12-4-3-5-19-12)9-17-13(18)10-6-11(15)8-16-7-10/h3-8H,9H2,1-2H3,(H,17,18). The van der Waals surface area contributed by atoms with Gasteiger partial charge >= 0.3 is 0 Å². The van der Waals surface area contributed by atoms with Crippen molar-refractivity contribution < 1.29 is 4.79 Å². The van der Waals surface area contributed by atoms with E-state index in [4.69, 9.17) is 0 Å². The number of nitrogens with one attached hydrogen (secondary N) is 1. The highest BCUT2D eigenvalue weighted by molar-refractivity contribution is 9.10. The normalized spacial score (nSPS) is 11.3. The number of thiophene rings is 1. The number of amides is 1. The van der Waals surface area contributed by atoms with Gasteiger partial charge in [0.1, 0.15) is 0 Å². The maximum absolute atomic E-state index is 12.0. The monoisotopic (exact) mass is 338 g/mol. The van der Waals surface area contributed by atoms with Crippen LogP contribution in [0.3, 0.4) is 0 Å². The highest BCUT2D eigenvalue weighted by atomic mass is 79.9. The largest absolute Gasteiger partial charge is 0.351 e. The van der Waals surface area contributed by atoms with Crippen molar-refractivity contribution in [2.45, 2.75) is 19.3 Å². The van der Waals surface area contributed by atoms with E-state index in [0.717, 1.165) is 4.47 Å². The quantitative estimate of drug-likeness (QED) is 0.925. The topological polar surface area (TPSA) is 42.0 Å². The van der Waals surface area contributed by atoms with E-state index in [1.54, 1.807) is 29.8 Å². The van der Waals surface area contributed by atoms with Crippen molar-refractivity contribution in [3.63, 3.8) is 0 Å². The van der Waals surface area contributed by atoms with E-state index in [1.165, 1.54) is 4.88 Å². The molecule has 0 saturated heterocycles. The average Bonchev–Trinajstić information content (AvgIpc) is 2.90. The predicted octanol–water partition coefficient (Wildman–Crippen LogP) is 3.61. The first-order valence-electron chi connectivity index (χ1n) is 5.92. The van der Waals surface area contributed by atoms with Gasteiger partial charge in [-0.25, -0.2) is 0 Å². The van der Waals surface area contributed by atoms with Crippen LogP contribution in [0.15, 0.2) is 40.4 Å². The molecule has 0 atom stereocenters. The highest BCUT2D eigenvalue weighted by Crippen LogP contribution is 2.26. The van der Waals surface area contributed by atoms with Crippen LogP contribution in [0, 0.1) is 0 Å². The van der Waals surface area contributed by atoms with Crippen LogP contribution < -0.4 is 5.32 Å². The zero-order valence-corrected chi connectivity index (χ0v) is 13.2. The lowest BCUT2D eigenvalue weighted by Gasteiger charge is -2.23. The third-order valence-electron chi connectivity index (χ3n) is 2.85. The molecule has 0 spiro atoms. The van der Waals surface area contributed by atoms with Crippen LogP contribution in [-0.2, 0) is 5.41 Å². The molecule has 0 unspecified atom stereocenters. The Balaban J connectivity index is 2.01. The summed E-state index contributed by atoms with van der Waals surface area (Å²) >= 11 is 5.02. The van der Waals surface area contributed by atoms with Gasteiger partial charge in [0.25, 0.3) is 5.91 Å². The molecule has 1 amide bonds. The molecule has 0 fully saturated rings. The molecule has 0 aliphatic heterocycles. The first kappa shape index (κ1) is 14.2. The number of pyridine rings is 1. The van der Waals surface area contributed by atoms with Gasteiger partial charge < -0.3 is 5.32 Å². The third-order valence-corrected chi connectivity index (χ3v) is 4.52. The zero-order valence-electron chi connectivity index (χ0n) is 10.8. The molecule has 0 saturated carbocycles. The van der Waals surface area contributed by atoms with Crippen LogP contribution in [0.2, 0.25) is 0 Å². The summed E-state index contributed by atoms with van der Waals surface area (Å²) in [6.45, 7) is 4.84. The summed E-state index contributed by atoms with van der Waals surface area (Å²) in [5.41, 5.74) is 0.500. The van der Waals surface area contributed by atoms with E-state index < -0.39 is 0 Å². The van der Waals surface area contributed by atoms with Gasteiger partial charge in [0, 0.05) is 33.7 Å². The first-order valence-corrected chi connectivity index (χ1v) is 7.59. The molecular weight excluding hydrogens is 324 g/mol. The summed E-state index contributed by atoms with van der Waals surface area (Å²) in [6.07, 6.45) is 3.23. The Bertz CT molecular complexity index is 567. The van der Waals surface area contributed by atoms with Gasteiger partial charge in [-0.2, -0.15) is 0 Å². The number of hydrogen-bond acceptors (Lipinski definition) is 3. The maximum Gasteiger partial charge on any atom is 0.252 e. The second-order valence-electron chi connectivity index (χ2n) is 4.94. The van der Waals surface area contributed by atoms with Crippen molar-refractivity contribution in [2.75, 3.05) is 6.54 Å². The third kappa shape index (κ3) is 3.64. The minimum absolute atomic E-state index is 0.0662. The summed E-state index contributed by atoms with van der Waals surface area (Å²) in [4.78, 5) is 17.3. The minimum atomic E-state index is -0.0987. The van der Waals surface area contributed by atoms with E-state index in [0.29, 0.717) is 12.1 Å². The van der Waals surface area contributed by atoms with Crippen LogP contribution in [-0.4, -0.2) is 17.4 Å². The lowest BCUT2D eigenvalue weighted by molar-refractivity contribution is 0.0945. The zero-order chi connectivity index (χ0) is 13.9. The number of aromatic nitrogens is 1. The summed E-state index contributed by atoms with van der Waals surface area (Å²) in [7, 11) is 0. The molecule has 3 nitrogen and oxygen atoms in total. The van der Waals surface area contributed by atoms with Crippen molar-refractivity contribution in [1.82, 2.24) is 10.3 Å². The number of nitrogens with zero attached hydrogens (tertiary/aromatic N) is 1. The van der Waals surface area contributed by atoms with E-state index in [9.17, 15) is 4.79 Å². The molecule has 2 heterocycles. The second-order valence-corrected chi connectivity index (χ2v) is 6.80. The van der Waals surface area contributed by atoms with Crippen LogP contribution in [0.25, 0.3) is 0 Å². The molecule has 2 aromatic rings. The fourth-order valence-corrected chi connectivity index (χ4v) is 2.91. The predicted molar refractivity (Wildman–Crippen MR) is 81.6 cm³/mol. The van der Waals surface area contributed by atoms with Gasteiger partial charge in [-0.05, 0) is 33.4 Å². The van der Waals surface area contributed by atoms with Gasteiger partial charge in [0.2, 0.25) is 0 Å². The Morgan fingerprint density at radius 3 is 2.89 bits per heavy atom. The highest BCUT2D eigenvalue weighted by Gasteiger charge is 2.22. The van der Waals surface area contributed by atoms with Crippen LogP contribution in [0.4, 0.5) is 0 Å². The SMILES string of the molecule is CC(C)(CNC(=O)c1cncc(Br)c1)c1cccs1. The average molecular weight is 339 g/mol. The number of carbonyl (C=O) groups excluding carboxylic acids is 1. The van der Waals surface area contributed by atoms with E-state index in [-0.39, 0.29) is 11.3 Å². The Morgan fingerprint density at radius 2 is 2.26 bits per heavy atom. The molecule has 1 N–H and O–H groups in total. The molecule has 0 aliphatic carbocycles. The van der Waals surface area contributed by atoms with Crippen LogP contribution in [0.1, 0.15) is 29.1 Å². The lowest BCUT2D eigenvalue weighted by Crippen LogP contribution is -2.36. The van der Waals surface area contributed by atoms with Gasteiger partial charge in [-0.15, -0.1) is 11.3 Å². The lowest BCUT2D eigenvalue weighted by atomic mass is 9.91. The van der Waals surface area contributed by atoms with Crippen LogP contribution in [0.5, 0.6) is 0 Å². The summed E-state index contributed by atoms with van der Waals surface area (Å²) < 4.78 is 0.803. The molecule has 0 aliphatic rings. The molecule has 19 heavy (non-hydrogen) atoms. The number of rotatable bonds is 4. The number of halogens is 1. The van der Waals surface area contributed by atoms with Gasteiger partial charge in [0.15, 0.2) is 0 Å².